The number of benzene rings is 1. The summed E-state index contributed by atoms with van der Waals surface area (Å²) in [7, 11) is 1.74. The van der Waals surface area contributed by atoms with Crippen molar-refractivity contribution in [2.24, 2.45) is 11.8 Å². The van der Waals surface area contributed by atoms with Crippen LogP contribution in [0.3, 0.4) is 0 Å². The van der Waals surface area contributed by atoms with E-state index in [-0.39, 0.29) is 0 Å². The Morgan fingerprint density at radius 3 is 2.91 bits per heavy atom. The molecule has 1 aliphatic heterocycles. The van der Waals surface area contributed by atoms with Gasteiger partial charge in [0.1, 0.15) is 5.75 Å². The van der Waals surface area contributed by atoms with Gasteiger partial charge in [-0.05, 0) is 68.3 Å². The second kappa shape index (κ2) is 5.72. The molecule has 0 unspecified atom stereocenters. The summed E-state index contributed by atoms with van der Waals surface area (Å²) in [5, 5.41) is 5.12. The van der Waals surface area contributed by atoms with Crippen molar-refractivity contribution < 1.29 is 4.74 Å². The zero-order chi connectivity index (χ0) is 16.0. The third kappa shape index (κ3) is 2.47. The molecule has 0 bridgehead atoms. The largest absolute Gasteiger partial charge is 0.497 e. The zero-order valence-electron chi connectivity index (χ0n) is 14.3. The Morgan fingerprint density at radius 1 is 1.26 bits per heavy atom. The van der Waals surface area contributed by atoms with Crippen molar-refractivity contribution in [3.05, 3.63) is 41.1 Å². The van der Waals surface area contributed by atoms with E-state index < -0.39 is 0 Å². The topological polar surface area (TPSA) is 37.0 Å². The fourth-order valence-corrected chi connectivity index (χ4v) is 4.51. The minimum Gasteiger partial charge on any atom is -0.497 e. The van der Waals surface area contributed by atoms with Crippen LogP contribution < -0.4 is 10.1 Å². The Labute approximate surface area is 138 Å². The Bertz CT molecular complexity index is 758. The Hall–Kier alpha value is -1.74. The summed E-state index contributed by atoms with van der Waals surface area (Å²) in [5.41, 5.74) is 5.68. The standard InChI is InChI=1S/C20H26N2O/c1-12-4-6-15(13(2)10-12)19-20-16(8-9-21-19)17-11-14(23-3)5-7-18(17)22-20/h4-5,7,11,13,15,19,21-22H,6,8-10H2,1-3H3/t13-,15-,19-/m0/s1. The fourth-order valence-electron chi connectivity index (χ4n) is 4.51. The Morgan fingerprint density at radius 2 is 2.13 bits per heavy atom. The van der Waals surface area contributed by atoms with E-state index in [9.17, 15) is 0 Å². The number of fused-ring (bicyclic) bond motifs is 3. The number of hydrogen-bond donors (Lipinski definition) is 2. The summed E-state index contributed by atoms with van der Waals surface area (Å²) in [6, 6.07) is 6.82. The number of hydrogen-bond acceptors (Lipinski definition) is 2. The molecule has 2 aromatic rings. The first-order valence-electron chi connectivity index (χ1n) is 8.75. The molecule has 0 amide bonds. The van der Waals surface area contributed by atoms with Crippen molar-refractivity contribution in [2.75, 3.05) is 13.7 Å². The summed E-state index contributed by atoms with van der Waals surface area (Å²) < 4.78 is 5.42. The van der Waals surface area contributed by atoms with E-state index in [1.54, 1.807) is 12.7 Å². The minimum atomic E-state index is 0.441. The van der Waals surface area contributed by atoms with Gasteiger partial charge in [0.15, 0.2) is 0 Å². The molecule has 2 N–H and O–H groups in total. The lowest BCUT2D eigenvalue weighted by Crippen LogP contribution is -2.38. The molecule has 0 radical (unpaired) electrons. The predicted octanol–water partition coefficient (Wildman–Crippen LogP) is 4.36. The van der Waals surface area contributed by atoms with Gasteiger partial charge >= 0.3 is 0 Å². The molecule has 2 heterocycles. The van der Waals surface area contributed by atoms with Crippen LogP contribution in [0.15, 0.2) is 29.8 Å². The maximum atomic E-state index is 5.42. The second-order valence-electron chi connectivity index (χ2n) is 7.24. The molecule has 3 heteroatoms. The first kappa shape index (κ1) is 14.8. The van der Waals surface area contributed by atoms with E-state index in [0.29, 0.717) is 12.0 Å². The highest BCUT2D eigenvalue weighted by Gasteiger charge is 2.34. The molecule has 0 saturated carbocycles. The molecule has 4 rings (SSSR count). The maximum Gasteiger partial charge on any atom is 0.119 e. The first-order chi connectivity index (χ1) is 11.2. The number of aromatic nitrogens is 1. The zero-order valence-corrected chi connectivity index (χ0v) is 14.3. The molecule has 2 aliphatic rings. The van der Waals surface area contributed by atoms with E-state index in [1.165, 1.54) is 35.0 Å². The van der Waals surface area contributed by atoms with Gasteiger partial charge in [-0.25, -0.2) is 0 Å². The van der Waals surface area contributed by atoms with Gasteiger partial charge < -0.3 is 15.0 Å². The van der Waals surface area contributed by atoms with Crippen molar-refractivity contribution in [1.82, 2.24) is 10.3 Å². The van der Waals surface area contributed by atoms with E-state index >= 15 is 0 Å². The summed E-state index contributed by atoms with van der Waals surface area (Å²) in [6.45, 7) is 5.73. The van der Waals surface area contributed by atoms with Crippen molar-refractivity contribution >= 4 is 10.9 Å². The Balaban J connectivity index is 1.76. The lowest BCUT2D eigenvalue weighted by molar-refractivity contribution is 0.243. The van der Waals surface area contributed by atoms with E-state index in [0.717, 1.165) is 24.6 Å². The van der Waals surface area contributed by atoms with Gasteiger partial charge in [-0.1, -0.05) is 18.6 Å². The molecule has 122 valence electrons. The number of H-pyrrole nitrogens is 1. The third-order valence-electron chi connectivity index (χ3n) is 5.74. The summed E-state index contributed by atoms with van der Waals surface area (Å²) in [5.74, 6) is 2.34. The first-order valence-corrected chi connectivity index (χ1v) is 8.75. The second-order valence-corrected chi connectivity index (χ2v) is 7.24. The molecule has 1 aromatic heterocycles. The molecule has 3 nitrogen and oxygen atoms in total. The normalized spacial score (nSPS) is 27.6. The monoisotopic (exact) mass is 310 g/mol. The molecular weight excluding hydrogens is 284 g/mol. The third-order valence-corrected chi connectivity index (χ3v) is 5.74. The summed E-state index contributed by atoms with van der Waals surface area (Å²) in [4.78, 5) is 3.71. The van der Waals surface area contributed by atoms with Crippen molar-refractivity contribution in [3.8, 4) is 5.75 Å². The summed E-state index contributed by atoms with van der Waals surface area (Å²) in [6.07, 6.45) is 5.94. The van der Waals surface area contributed by atoms with Crippen LogP contribution >= 0.6 is 0 Å². The number of ether oxygens (including phenoxy) is 1. The smallest absolute Gasteiger partial charge is 0.119 e. The average molecular weight is 310 g/mol. The highest BCUT2D eigenvalue weighted by atomic mass is 16.5. The molecule has 1 aliphatic carbocycles. The number of allylic oxidation sites excluding steroid dienone is 2. The molecular formula is C20H26N2O. The van der Waals surface area contributed by atoms with Crippen LogP contribution in [0, 0.1) is 11.8 Å². The molecule has 0 spiro atoms. The highest BCUT2D eigenvalue weighted by molar-refractivity contribution is 5.86. The SMILES string of the molecule is COc1ccc2[nH]c3c(c2c1)CCN[C@H]3[C@H]1CC=C(C)C[C@@H]1C. The number of methoxy groups -OCH3 is 1. The van der Waals surface area contributed by atoms with Crippen LogP contribution in [0.2, 0.25) is 0 Å². The number of nitrogens with one attached hydrogen (secondary N) is 2. The highest BCUT2D eigenvalue weighted by Crippen LogP contribution is 2.42. The van der Waals surface area contributed by atoms with Crippen LogP contribution in [-0.2, 0) is 6.42 Å². The molecule has 1 aromatic carbocycles. The lowest BCUT2D eigenvalue weighted by Gasteiger charge is -2.37. The van der Waals surface area contributed by atoms with Crippen LogP contribution in [0.25, 0.3) is 10.9 Å². The van der Waals surface area contributed by atoms with Crippen LogP contribution in [0.1, 0.15) is 44.0 Å². The van der Waals surface area contributed by atoms with Crippen LogP contribution in [0.5, 0.6) is 5.75 Å². The van der Waals surface area contributed by atoms with Gasteiger partial charge in [-0.15, -0.1) is 0 Å². The minimum absolute atomic E-state index is 0.441. The van der Waals surface area contributed by atoms with Crippen molar-refractivity contribution in [2.45, 2.75) is 39.2 Å². The maximum absolute atomic E-state index is 5.42. The van der Waals surface area contributed by atoms with Gasteiger partial charge in [0.05, 0.1) is 13.2 Å². The molecule has 0 fully saturated rings. The van der Waals surface area contributed by atoms with Crippen molar-refractivity contribution in [1.29, 1.82) is 0 Å². The molecule has 23 heavy (non-hydrogen) atoms. The quantitative estimate of drug-likeness (QED) is 0.809. The van der Waals surface area contributed by atoms with Crippen molar-refractivity contribution in [3.63, 3.8) is 0 Å². The number of aromatic amines is 1. The van der Waals surface area contributed by atoms with E-state index in [2.05, 4.69) is 42.4 Å². The lowest BCUT2D eigenvalue weighted by atomic mass is 9.74. The van der Waals surface area contributed by atoms with Gasteiger partial charge in [-0.3, -0.25) is 0 Å². The van der Waals surface area contributed by atoms with Crippen LogP contribution in [-0.4, -0.2) is 18.6 Å². The number of rotatable bonds is 2. The summed E-state index contributed by atoms with van der Waals surface area (Å²) >= 11 is 0. The Kier molecular flexibility index (Phi) is 3.68. The van der Waals surface area contributed by atoms with Crippen LogP contribution in [0.4, 0.5) is 0 Å². The van der Waals surface area contributed by atoms with Gasteiger partial charge in [0, 0.05) is 16.6 Å². The molecule has 3 atom stereocenters. The van der Waals surface area contributed by atoms with Gasteiger partial charge in [0.25, 0.3) is 0 Å². The van der Waals surface area contributed by atoms with E-state index in [4.69, 9.17) is 4.74 Å². The fraction of sp³-hybridized carbons (Fsp3) is 0.500. The van der Waals surface area contributed by atoms with E-state index in [1.807, 2.05) is 6.07 Å². The average Bonchev–Trinajstić information content (AvgIpc) is 2.93. The van der Waals surface area contributed by atoms with Gasteiger partial charge in [-0.2, -0.15) is 0 Å². The molecule has 0 saturated heterocycles. The predicted molar refractivity (Wildman–Crippen MR) is 94.9 cm³/mol. The van der Waals surface area contributed by atoms with Gasteiger partial charge in [0.2, 0.25) is 0 Å².